The number of halogens is 3. The van der Waals surface area contributed by atoms with Crippen molar-refractivity contribution in [2.24, 2.45) is 0 Å². The Labute approximate surface area is 146 Å². The Morgan fingerprint density at radius 1 is 1.00 bits per heavy atom. The molecule has 0 aliphatic carbocycles. The largest absolute Gasteiger partial charge is 0.304 e. The van der Waals surface area contributed by atoms with Crippen molar-refractivity contribution in [2.45, 2.75) is 0 Å². The zero-order chi connectivity index (χ0) is 16.4. The van der Waals surface area contributed by atoms with E-state index in [2.05, 4.69) is 15.4 Å². The summed E-state index contributed by atoms with van der Waals surface area (Å²) in [6.07, 6.45) is 1.68. The molecule has 0 aliphatic heterocycles. The molecule has 0 unspecified atom stereocenters. The number of hydrogen-bond acceptors (Lipinski definition) is 3. The lowest BCUT2D eigenvalue weighted by molar-refractivity contribution is 0.102. The average molecular weight is 368 g/mol. The Balaban J connectivity index is 1.83. The van der Waals surface area contributed by atoms with Crippen LogP contribution in [-0.2, 0) is 0 Å². The van der Waals surface area contributed by atoms with Crippen LogP contribution in [0, 0.1) is 0 Å². The summed E-state index contributed by atoms with van der Waals surface area (Å²) in [5.74, 6) is -0.158. The molecule has 1 N–H and O–H groups in total. The zero-order valence-electron chi connectivity index (χ0n) is 11.5. The summed E-state index contributed by atoms with van der Waals surface area (Å²) in [4.78, 5) is 16.1. The minimum Gasteiger partial charge on any atom is -0.304 e. The summed E-state index contributed by atoms with van der Waals surface area (Å²) in [6.45, 7) is 0. The number of hydrogen-bond donors (Lipinski definition) is 1. The summed E-state index contributed by atoms with van der Waals surface area (Å²) < 4.78 is 1.56. The van der Waals surface area contributed by atoms with E-state index in [4.69, 9.17) is 34.8 Å². The van der Waals surface area contributed by atoms with E-state index in [0.29, 0.717) is 16.5 Å². The Hall–Kier alpha value is -2.08. The molecule has 5 nitrogen and oxygen atoms in total. The molecule has 2 heterocycles. The van der Waals surface area contributed by atoms with Crippen LogP contribution in [-0.4, -0.2) is 20.7 Å². The maximum absolute atomic E-state index is 12.2. The van der Waals surface area contributed by atoms with Crippen LogP contribution in [0.4, 0.5) is 5.82 Å². The maximum atomic E-state index is 12.2. The van der Waals surface area contributed by atoms with Gasteiger partial charge in [0.1, 0.15) is 10.8 Å². The summed E-state index contributed by atoms with van der Waals surface area (Å²) in [7, 11) is 0. The first-order chi connectivity index (χ1) is 11.0. The minimum absolute atomic E-state index is 0.0338. The van der Waals surface area contributed by atoms with E-state index in [9.17, 15) is 4.79 Å². The van der Waals surface area contributed by atoms with Crippen LogP contribution >= 0.6 is 34.8 Å². The van der Waals surface area contributed by atoms with Gasteiger partial charge in [-0.05, 0) is 24.3 Å². The van der Waals surface area contributed by atoms with Gasteiger partial charge in [0.2, 0.25) is 0 Å². The standard InChI is InChI=1S/C15H9Cl3N4O/c16-9-3-1-2-4-11(9)22-8-7-13(21-22)20-15(23)14-10(17)5-6-12(18)19-14/h1-8H,(H,20,21,23). The smallest absolute Gasteiger partial charge is 0.277 e. The summed E-state index contributed by atoms with van der Waals surface area (Å²) in [6, 6.07) is 11.9. The molecule has 0 atom stereocenters. The van der Waals surface area contributed by atoms with Crippen molar-refractivity contribution >= 4 is 46.5 Å². The van der Waals surface area contributed by atoms with Crippen LogP contribution in [0.15, 0.2) is 48.7 Å². The molecule has 116 valence electrons. The van der Waals surface area contributed by atoms with Gasteiger partial charge >= 0.3 is 0 Å². The molecule has 0 radical (unpaired) electrons. The highest BCUT2D eigenvalue weighted by molar-refractivity contribution is 6.35. The lowest BCUT2D eigenvalue weighted by Crippen LogP contribution is -2.15. The fourth-order valence-corrected chi connectivity index (χ4v) is 2.48. The van der Waals surface area contributed by atoms with E-state index in [1.165, 1.54) is 12.1 Å². The van der Waals surface area contributed by atoms with Crippen LogP contribution < -0.4 is 5.32 Å². The second-order valence-electron chi connectivity index (χ2n) is 4.52. The predicted molar refractivity (Wildman–Crippen MR) is 90.8 cm³/mol. The fraction of sp³-hybridized carbons (Fsp3) is 0. The number of carbonyl (C=O) groups is 1. The molecule has 2 aromatic heterocycles. The second kappa shape index (κ2) is 6.58. The number of aromatic nitrogens is 3. The molecule has 1 amide bonds. The van der Waals surface area contributed by atoms with Gasteiger partial charge in [-0.2, -0.15) is 0 Å². The lowest BCUT2D eigenvalue weighted by atomic mass is 10.3. The number of para-hydroxylation sites is 1. The Morgan fingerprint density at radius 2 is 1.78 bits per heavy atom. The van der Waals surface area contributed by atoms with Gasteiger partial charge in [-0.1, -0.05) is 46.9 Å². The first kappa shape index (κ1) is 15.8. The van der Waals surface area contributed by atoms with Gasteiger partial charge in [-0.25, -0.2) is 9.67 Å². The van der Waals surface area contributed by atoms with Gasteiger partial charge in [0.05, 0.1) is 15.7 Å². The third-order valence-corrected chi connectivity index (χ3v) is 3.79. The van der Waals surface area contributed by atoms with Crippen LogP contribution in [0.2, 0.25) is 15.2 Å². The third kappa shape index (κ3) is 3.47. The monoisotopic (exact) mass is 366 g/mol. The molecule has 0 saturated heterocycles. The van der Waals surface area contributed by atoms with Gasteiger partial charge in [0, 0.05) is 12.3 Å². The van der Waals surface area contributed by atoms with E-state index in [0.717, 1.165) is 0 Å². The summed E-state index contributed by atoms with van der Waals surface area (Å²) >= 11 is 17.9. The number of benzene rings is 1. The average Bonchev–Trinajstić information content (AvgIpc) is 2.98. The number of nitrogens with zero attached hydrogens (tertiary/aromatic N) is 3. The summed E-state index contributed by atoms with van der Waals surface area (Å²) in [5, 5.41) is 7.81. The van der Waals surface area contributed by atoms with E-state index >= 15 is 0 Å². The van der Waals surface area contributed by atoms with Crippen LogP contribution in [0.1, 0.15) is 10.5 Å². The first-order valence-electron chi connectivity index (χ1n) is 6.48. The lowest BCUT2D eigenvalue weighted by Gasteiger charge is -2.05. The highest BCUT2D eigenvalue weighted by Crippen LogP contribution is 2.21. The Bertz CT molecular complexity index is 879. The zero-order valence-corrected chi connectivity index (χ0v) is 13.8. The summed E-state index contributed by atoms with van der Waals surface area (Å²) in [5.41, 5.74) is 0.736. The second-order valence-corrected chi connectivity index (χ2v) is 5.72. The van der Waals surface area contributed by atoms with Gasteiger partial charge in [0.15, 0.2) is 5.82 Å². The number of carbonyl (C=O) groups excluding carboxylic acids is 1. The molecule has 3 rings (SSSR count). The van der Waals surface area contributed by atoms with E-state index in [-0.39, 0.29) is 15.9 Å². The predicted octanol–water partition coefficient (Wildman–Crippen LogP) is 4.48. The molecule has 0 aliphatic rings. The van der Waals surface area contributed by atoms with Gasteiger partial charge in [-0.15, -0.1) is 5.10 Å². The van der Waals surface area contributed by atoms with Gasteiger partial charge in [-0.3, -0.25) is 4.79 Å². The number of amides is 1. The first-order valence-corrected chi connectivity index (χ1v) is 7.62. The maximum Gasteiger partial charge on any atom is 0.277 e. The quantitative estimate of drug-likeness (QED) is 0.694. The van der Waals surface area contributed by atoms with Gasteiger partial charge < -0.3 is 5.32 Å². The Morgan fingerprint density at radius 3 is 2.57 bits per heavy atom. The van der Waals surface area contributed by atoms with Crippen molar-refractivity contribution in [3.05, 3.63) is 69.6 Å². The molecule has 0 bridgehead atoms. The molecule has 1 aromatic carbocycles. The topological polar surface area (TPSA) is 59.8 Å². The van der Waals surface area contributed by atoms with Crippen LogP contribution in [0.3, 0.4) is 0 Å². The van der Waals surface area contributed by atoms with Crippen molar-refractivity contribution in [2.75, 3.05) is 5.32 Å². The van der Waals surface area contributed by atoms with Crippen LogP contribution in [0.5, 0.6) is 0 Å². The number of nitrogens with one attached hydrogen (secondary N) is 1. The minimum atomic E-state index is -0.498. The SMILES string of the molecule is O=C(Nc1ccn(-c2ccccc2Cl)n1)c1nc(Cl)ccc1Cl. The number of anilines is 1. The van der Waals surface area contributed by atoms with Crippen molar-refractivity contribution in [3.8, 4) is 5.69 Å². The number of rotatable bonds is 3. The van der Waals surface area contributed by atoms with Crippen molar-refractivity contribution in [1.82, 2.24) is 14.8 Å². The van der Waals surface area contributed by atoms with E-state index in [1.807, 2.05) is 18.2 Å². The Kier molecular flexibility index (Phi) is 4.52. The molecular weight excluding hydrogens is 359 g/mol. The molecule has 8 heteroatoms. The molecule has 0 spiro atoms. The van der Waals surface area contributed by atoms with Crippen LogP contribution in [0.25, 0.3) is 5.69 Å². The van der Waals surface area contributed by atoms with E-state index in [1.54, 1.807) is 23.0 Å². The van der Waals surface area contributed by atoms with Crippen molar-refractivity contribution in [3.63, 3.8) is 0 Å². The molecule has 23 heavy (non-hydrogen) atoms. The molecule has 0 saturated carbocycles. The van der Waals surface area contributed by atoms with Gasteiger partial charge in [0.25, 0.3) is 5.91 Å². The van der Waals surface area contributed by atoms with Crippen molar-refractivity contribution in [1.29, 1.82) is 0 Å². The molecule has 3 aromatic rings. The third-order valence-electron chi connectivity index (χ3n) is 2.96. The fourth-order valence-electron chi connectivity index (χ4n) is 1.92. The molecular formula is C15H9Cl3N4O. The van der Waals surface area contributed by atoms with E-state index < -0.39 is 5.91 Å². The molecule has 0 fully saturated rings. The number of pyridine rings is 1. The van der Waals surface area contributed by atoms with Crippen molar-refractivity contribution < 1.29 is 4.79 Å². The normalized spacial score (nSPS) is 10.6. The highest BCUT2D eigenvalue weighted by Gasteiger charge is 2.15. The highest BCUT2D eigenvalue weighted by atomic mass is 35.5.